The zero-order valence-corrected chi connectivity index (χ0v) is 12.0. The lowest BCUT2D eigenvalue weighted by Gasteiger charge is -2.14. The summed E-state index contributed by atoms with van der Waals surface area (Å²) in [6, 6.07) is 12.7. The molecule has 1 aromatic carbocycles. The van der Waals surface area contributed by atoms with Gasteiger partial charge in [0.1, 0.15) is 0 Å². The lowest BCUT2D eigenvalue weighted by molar-refractivity contribution is 0.249. The third-order valence-corrected chi connectivity index (χ3v) is 3.05. The molecule has 0 radical (unpaired) electrons. The largest absolute Gasteiger partial charge is 0.330 e. The van der Waals surface area contributed by atoms with Crippen molar-refractivity contribution in [3.05, 3.63) is 58.8 Å². The Morgan fingerprint density at radius 1 is 1.26 bits per heavy atom. The van der Waals surface area contributed by atoms with E-state index < -0.39 is 0 Å². The number of carbonyl (C=O) groups is 1. The number of pyridine rings is 1. The minimum Gasteiger partial charge on any atom is -0.330 e. The van der Waals surface area contributed by atoms with E-state index >= 15 is 0 Å². The van der Waals surface area contributed by atoms with Gasteiger partial charge in [0.2, 0.25) is 0 Å². The molecule has 2 amide bonds. The van der Waals surface area contributed by atoms with E-state index in [0.717, 1.165) is 15.9 Å². The van der Waals surface area contributed by atoms with Gasteiger partial charge in [0.05, 0.1) is 11.7 Å². The number of nitrogens with one attached hydrogen (secondary N) is 2. The van der Waals surface area contributed by atoms with E-state index in [1.165, 1.54) is 0 Å². The second kappa shape index (κ2) is 6.33. The van der Waals surface area contributed by atoms with E-state index in [0.29, 0.717) is 0 Å². The van der Waals surface area contributed by atoms with Crippen LogP contribution in [-0.4, -0.2) is 11.0 Å². The van der Waals surface area contributed by atoms with Crippen LogP contribution in [0.2, 0.25) is 0 Å². The smallest absolute Gasteiger partial charge is 0.319 e. The summed E-state index contributed by atoms with van der Waals surface area (Å²) >= 11 is 3.36. The summed E-state index contributed by atoms with van der Waals surface area (Å²) < 4.78 is 0.920. The van der Waals surface area contributed by atoms with Crippen molar-refractivity contribution in [2.45, 2.75) is 13.0 Å². The maximum atomic E-state index is 11.8. The van der Waals surface area contributed by atoms with Gasteiger partial charge >= 0.3 is 6.03 Å². The van der Waals surface area contributed by atoms with Crippen LogP contribution in [-0.2, 0) is 0 Å². The lowest BCUT2D eigenvalue weighted by Crippen LogP contribution is -2.31. The van der Waals surface area contributed by atoms with Crippen LogP contribution < -0.4 is 10.6 Å². The van der Waals surface area contributed by atoms with Gasteiger partial charge in [-0.3, -0.25) is 4.98 Å². The fraction of sp³-hybridized carbons (Fsp3) is 0.143. The molecule has 0 spiro atoms. The van der Waals surface area contributed by atoms with Crippen LogP contribution in [0.3, 0.4) is 0 Å². The first-order valence-corrected chi connectivity index (χ1v) is 6.68. The Labute approximate surface area is 120 Å². The quantitative estimate of drug-likeness (QED) is 0.905. The van der Waals surface area contributed by atoms with Gasteiger partial charge in [0, 0.05) is 16.4 Å². The fourth-order valence-corrected chi connectivity index (χ4v) is 2.04. The number of anilines is 1. The van der Waals surface area contributed by atoms with Gasteiger partial charge < -0.3 is 10.6 Å². The first-order chi connectivity index (χ1) is 9.15. The second-order valence-electron chi connectivity index (χ2n) is 4.09. The van der Waals surface area contributed by atoms with Crippen LogP contribution in [0.25, 0.3) is 0 Å². The molecular weight excluding hydrogens is 306 g/mol. The number of hydrogen-bond acceptors (Lipinski definition) is 2. The topological polar surface area (TPSA) is 54.0 Å². The highest BCUT2D eigenvalue weighted by Gasteiger charge is 2.10. The highest BCUT2D eigenvalue weighted by atomic mass is 79.9. The van der Waals surface area contributed by atoms with E-state index in [1.807, 2.05) is 49.4 Å². The lowest BCUT2D eigenvalue weighted by atomic mass is 10.2. The van der Waals surface area contributed by atoms with E-state index in [4.69, 9.17) is 0 Å². The zero-order valence-electron chi connectivity index (χ0n) is 10.4. The minimum atomic E-state index is -0.253. The maximum Gasteiger partial charge on any atom is 0.319 e. The van der Waals surface area contributed by atoms with Crippen molar-refractivity contribution >= 4 is 27.6 Å². The zero-order chi connectivity index (χ0) is 13.7. The Balaban J connectivity index is 1.95. The van der Waals surface area contributed by atoms with Gasteiger partial charge in [0.15, 0.2) is 0 Å². The summed E-state index contributed by atoms with van der Waals surface area (Å²) in [4.78, 5) is 16.0. The summed E-state index contributed by atoms with van der Waals surface area (Å²) in [6.07, 6.45) is 1.71. The van der Waals surface area contributed by atoms with Crippen LogP contribution >= 0.6 is 15.9 Å². The molecule has 4 nitrogen and oxygen atoms in total. The molecule has 19 heavy (non-hydrogen) atoms. The number of amides is 2. The molecule has 2 rings (SSSR count). The van der Waals surface area contributed by atoms with E-state index in [2.05, 4.69) is 31.5 Å². The number of halogens is 1. The summed E-state index contributed by atoms with van der Waals surface area (Å²) in [5, 5.41) is 5.61. The van der Waals surface area contributed by atoms with Crippen LogP contribution in [0.15, 0.2) is 53.1 Å². The molecule has 0 aliphatic rings. The highest BCUT2D eigenvalue weighted by molar-refractivity contribution is 9.10. The molecule has 2 N–H and O–H groups in total. The van der Waals surface area contributed by atoms with Crippen molar-refractivity contribution in [3.8, 4) is 0 Å². The third-order valence-electron chi connectivity index (χ3n) is 2.56. The van der Waals surface area contributed by atoms with Gasteiger partial charge in [-0.15, -0.1) is 0 Å². The fourth-order valence-electron chi connectivity index (χ4n) is 1.64. The van der Waals surface area contributed by atoms with Gasteiger partial charge in [-0.25, -0.2) is 4.79 Å². The SMILES string of the molecule is C[C@H](NC(=O)Nc1cccc(Br)c1)c1ccccn1. The second-order valence-corrected chi connectivity index (χ2v) is 5.00. The van der Waals surface area contributed by atoms with Crippen LogP contribution in [0.1, 0.15) is 18.7 Å². The Kier molecular flexibility index (Phi) is 4.52. The summed E-state index contributed by atoms with van der Waals surface area (Å²) in [7, 11) is 0. The van der Waals surface area contributed by atoms with Crippen LogP contribution in [0, 0.1) is 0 Å². The first-order valence-electron chi connectivity index (χ1n) is 5.89. The molecule has 1 atom stereocenters. The predicted molar refractivity (Wildman–Crippen MR) is 78.9 cm³/mol. The number of nitrogens with zero attached hydrogens (tertiary/aromatic N) is 1. The molecule has 2 aromatic rings. The number of carbonyl (C=O) groups excluding carboxylic acids is 1. The van der Waals surface area contributed by atoms with Crippen LogP contribution in [0.4, 0.5) is 10.5 Å². The Hall–Kier alpha value is -1.88. The van der Waals surface area contributed by atoms with Gasteiger partial charge in [0.25, 0.3) is 0 Å². The Morgan fingerprint density at radius 3 is 2.79 bits per heavy atom. The summed E-state index contributed by atoms with van der Waals surface area (Å²) in [5.74, 6) is 0. The Bertz CT molecular complexity index is 560. The predicted octanol–water partition coefficient (Wildman–Crippen LogP) is 3.73. The first kappa shape index (κ1) is 13.5. The van der Waals surface area contributed by atoms with Crippen molar-refractivity contribution in [1.82, 2.24) is 10.3 Å². The average molecular weight is 320 g/mol. The molecule has 1 heterocycles. The monoisotopic (exact) mass is 319 g/mol. The molecule has 0 fully saturated rings. The van der Waals surface area contributed by atoms with Crippen molar-refractivity contribution < 1.29 is 4.79 Å². The van der Waals surface area contributed by atoms with Crippen molar-refractivity contribution in [1.29, 1.82) is 0 Å². The maximum absolute atomic E-state index is 11.8. The van der Waals surface area contributed by atoms with Crippen molar-refractivity contribution in [3.63, 3.8) is 0 Å². The summed E-state index contributed by atoms with van der Waals surface area (Å²) in [6.45, 7) is 1.89. The number of aromatic nitrogens is 1. The average Bonchev–Trinajstić information content (AvgIpc) is 2.39. The molecule has 0 saturated heterocycles. The molecule has 1 aromatic heterocycles. The number of rotatable bonds is 3. The Morgan fingerprint density at radius 2 is 2.11 bits per heavy atom. The third kappa shape index (κ3) is 4.06. The standard InChI is InChI=1S/C14H14BrN3O/c1-10(13-7-2-3-8-16-13)17-14(19)18-12-6-4-5-11(15)9-12/h2-10H,1H3,(H2,17,18,19)/t10-/m0/s1. The van der Waals surface area contributed by atoms with E-state index in [-0.39, 0.29) is 12.1 Å². The van der Waals surface area contributed by atoms with Gasteiger partial charge in [-0.1, -0.05) is 28.1 Å². The molecule has 98 valence electrons. The minimum absolute atomic E-state index is 0.145. The van der Waals surface area contributed by atoms with Gasteiger partial charge in [-0.05, 0) is 37.3 Å². The molecule has 0 aliphatic carbocycles. The molecule has 0 aliphatic heterocycles. The van der Waals surface area contributed by atoms with Crippen molar-refractivity contribution in [2.75, 3.05) is 5.32 Å². The van der Waals surface area contributed by atoms with E-state index in [9.17, 15) is 4.79 Å². The highest BCUT2D eigenvalue weighted by Crippen LogP contribution is 2.16. The molecule has 0 unspecified atom stereocenters. The van der Waals surface area contributed by atoms with Crippen LogP contribution in [0.5, 0.6) is 0 Å². The van der Waals surface area contributed by atoms with Gasteiger partial charge in [-0.2, -0.15) is 0 Å². The normalized spacial score (nSPS) is 11.7. The number of hydrogen-bond donors (Lipinski definition) is 2. The molecule has 0 saturated carbocycles. The molecule has 0 bridgehead atoms. The molecular formula is C14H14BrN3O. The number of urea groups is 1. The van der Waals surface area contributed by atoms with Crippen molar-refractivity contribution in [2.24, 2.45) is 0 Å². The number of benzene rings is 1. The molecule has 5 heteroatoms. The summed E-state index contributed by atoms with van der Waals surface area (Å²) in [5.41, 5.74) is 1.56. The van der Waals surface area contributed by atoms with E-state index in [1.54, 1.807) is 6.20 Å².